The highest BCUT2D eigenvalue weighted by Gasteiger charge is 2.19. The standard InChI is InChI=1S/C22H28N4O2/c1-22(2,3)26-15-18(14-24-13-17-12-23-10-9-20(17)28-5)21(25-26)16-7-6-8-19(11-16)27-4/h6-12,15,24H,13-14H2,1-5H3. The molecule has 148 valence electrons. The van der Waals surface area contributed by atoms with Crippen molar-refractivity contribution in [2.45, 2.75) is 39.4 Å². The molecule has 1 N–H and O–H groups in total. The predicted octanol–water partition coefficient (Wildman–Crippen LogP) is 4.01. The van der Waals surface area contributed by atoms with Crippen LogP contribution in [0, 0.1) is 0 Å². The molecule has 28 heavy (non-hydrogen) atoms. The fourth-order valence-corrected chi connectivity index (χ4v) is 2.97. The van der Waals surface area contributed by atoms with Gasteiger partial charge in [-0.3, -0.25) is 9.67 Å². The van der Waals surface area contributed by atoms with E-state index in [1.807, 2.05) is 35.1 Å². The maximum absolute atomic E-state index is 5.41. The van der Waals surface area contributed by atoms with Gasteiger partial charge in [0.25, 0.3) is 0 Å². The maximum Gasteiger partial charge on any atom is 0.126 e. The lowest BCUT2D eigenvalue weighted by Crippen LogP contribution is -2.22. The highest BCUT2D eigenvalue weighted by Crippen LogP contribution is 2.28. The van der Waals surface area contributed by atoms with Crippen molar-refractivity contribution in [1.29, 1.82) is 0 Å². The van der Waals surface area contributed by atoms with Gasteiger partial charge in [-0.05, 0) is 39.0 Å². The second kappa shape index (κ2) is 8.44. The summed E-state index contributed by atoms with van der Waals surface area (Å²) in [6.07, 6.45) is 5.67. The van der Waals surface area contributed by atoms with E-state index >= 15 is 0 Å². The van der Waals surface area contributed by atoms with Gasteiger partial charge in [-0.15, -0.1) is 0 Å². The number of ether oxygens (including phenoxy) is 2. The Morgan fingerprint density at radius 3 is 2.54 bits per heavy atom. The van der Waals surface area contributed by atoms with Crippen LogP contribution in [0.25, 0.3) is 11.3 Å². The number of rotatable bonds is 7. The van der Waals surface area contributed by atoms with Crippen molar-refractivity contribution in [2.75, 3.05) is 14.2 Å². The van der Waals surface area contributed by atoms with Crippen LogP contribution in [-0.4, -0.2) is 29.0 Å². The molecule has 3 rings (SSSR count). The summed E-state index contributed by atoms with van der Waals surface area (Å²) in [6.45, 7) is 7.78. The first-order valence-corrected chi connectivity index (χ1v) is 9.33. The lowest BCUT2D eigenvalue weighted by atomic mass is 10.1. The van der Waals surface area contributed by atoms with E-state index in [1.165, 1.54) is 0 Å². The minimum Gasteiger partial charge on any atom is -0.497 e. The van der Waals surface area contributed by atoms with E-state index in [9.17, 15) is 0 Å². The van der Waals surface area contributed by atoms with Crippen LogP contribution in [0.2, 0.25) is 0 Å². The molecule has 0 aliphatic heterocycles. The van der Waals surface area contributed by atoms with Crippen LogP contribution in [0.15, 0.2) is 48.9 Å². The van der Waals surface area contributed by atoms with Crippen LogP contribution >= 0.6 is 0 Å². The first-order chi connectivity index (χ1) is 13.4. The molecule has 0 amide bonds. The summed E-state index contributed by atoms with van der Waals surface area (Å²) in [4.78, 5) is 4.19. The zero-order chi connectivity index (χ0) is 20.1. The fraction of sp³-hybridized carbons (Fsp3) is 0.364. The first kappa shape index (κ1) is 19.9. The van der Waals surface area contributed by atoms with Gasteiger partial charge in [0.15, 0.2) is 0 Å². The normalized spacial score (nSPS) is 11.5. The van der Waals surface area contributed by atoms with Crippen molar-refractivity contribution >= 4 is 0 Å². The molecular formula is C22H28N4O2. The molecule has 0 aliphatic rings. The van der Waals surface area contributed by atoms with E-state index in [0.29, 0.717) is 13.1 Å². The molecular weight excluding hydrogens is 352 g/mol. The average molecular weight is 380 g/mol. The Hall–Kier alpha value is -2.86. The zero-order valence-corrected chi connectivity index (χ0v) is 17.2. The van der Waals surface area contributed by atoms with Gasteiger partial charge < -0.3 is 14.8 Å². The van der Waals surface area contributed by atoms with Gasteiger partial charge in [-0.25, -0.2) is 0 Å². The fourth-order valence-electron chi connectivity index (χ4n) is 2.97. The van der Waals surface area contributed by atoms with E-state index in [0.717, 1.165) is 33.9 Å². The van der Waals surface area contributed by atoms with Gasteiger partial charge in [0, 0.05) is 48.4 Å². The predicted molar refractivity (Wildman–Crippen MR) is 111 cm³/mol. The largest absolute Gasteiger partial charge is 0.497 e. The molecule has 0 aliphatic carbocycles. The first-order valence-electron chi connectivity index (χ1n) is 9.33. The molecule has 0 radical (unpaired) electrons. The highest BCUT2D eigenvalue weighted by molar-refractivity contribution is 5.64. The SMILES string of the molecule is COc1cccc(-c2nn(C(C)(C)C)cc2CNCc2cnccc2OC)c1. The highest BCUT2D eigenvalue weighted by atomic mass is 16.5. The van der Waals surface area contributed by atoms with Gasteiger partial charge in [-0.2, -0.15) is 5.10 Å². The van der Waals surface area contributed by atoms with Crippen LogP contribution in [0.1, 0.15) is 31.9 Å². The van der Waals surface area contributed by atoms with E-state index in [-0.39, 0.29) is 5.54 Å². The van der Waals surface area contributed by atoms with Crippen LogP contribution in [0.5, 0.6) is 11.5 Å². The minimum atomic E-state index is -0.0988. The topological polar surface area (TPSA) is 61.2 Å². The Morgan fingerprint density at radius 2 is 1.82 bits per heavy atom. The molecule has 2 heterocycles. The Morgan fingerprint density at radius 1 is 1.04 bits per heavy atom. The van der Waals surface area contributed by atoms with Crippen molar-refractivity contribution in [3.63, 3.8) is 0 Å². The molecule has 0 bridgehead atoms. The Labute approximate surface area is 166 Å². The molecule has 6 nitrogen and oxygen atoms in total. The summed E-state index contributed by atoms with van der Waals surface area (Å²) in [5.41, 5.74) is 4.05. The van der Waals surface area contributed by atoms with Gasteiger partial charge in [0.05, 0.1) is 25.5 Å². The Balaban J connectivity index is 1.85. The van der Waals surface area contributed by atoms with Crippen LogP contribution in [0.3, 0.4) is 0 Å². The number of hydrogen-bond donors (Lipinski definition) is 1. The van der Waals surface area contributed by atoms with Crippen molar-refractivity contribution in [3.8, 4) is 22.8 Å². The molecule has 1 aromatic carbocycles. The third-order valence-electron chi connectivity index (χ3n) is 4.53. The number of hydrogen-bond acceptors (Lipinski definition) is 5. The molecule has 0 saturated heterocycles. The molecule has 6 heteroatoms. The van der Waals surface area contributed by atoms with E-state index in [1.54, 1.807) is 20.4 Å². The molecule has 0 saturated carbocycles. The van der Waals surface area contributed by atoms with Crippen molar-refractivity contribution in [2.24, 2.45) is 0 Å². The number of benzene rings is 1. The molecule has 2 aromatic heterocycles. The Kier molecular flexibility index (Phi) is 5.99. The minimum absolute atomic E-state index is 0.0988. The summed E-state index contributed by atoms with van der Waals surface area (Å²) in [5, 5.41) is 8.36. The lowest BCUT2D eigenvalue weighted by molar-refractivity contribution is 0.356. The van der Waals surface area contributed by atoms with Crippen LogP contribution in [0.4, 0.5) is 0 Å². The number of nitrogens with zero attached hydrogens (tertiary/aromatic N) is 3. The Bertz CT molecular complexity index is 928. The van der Waals surface area contributed by atoms with E-state index < -0.39 is 0 Å². The van der Waals surface area contributed by atoms with Crippen LogP contribution < -0.4 is 14.8 Å². The summed E-state index contributed by atoms with van der Waals surface area (Å²) in [7, 11) is 3.35. The zero-order valence-electron chi connectivity index (χ0n) is 17.2. The van der Waals surface area contributed by atoms with Gasteiger partial charge in [0.2, 0.25) is 0 Å². The second-order valence-electron chi connectivity index (χ2n) is 7.64. The van der Waals surface area contributed by atoms with Gasteiger partial charge in [0.1, 0.15) is 11.5 Å². The molecule has 3 aromatic rings. The van der Waals surface area contributed by atoms with Crippen molar-refractivity contribution < 1.29 is 9.47 Å². The number of nitrogens with one attached hydrogen (secondary N) is 1. The summed E-state index contributed by atoms with van der Waals surface area (Å²) in [6, 6.07) is 9.88. The number of methoxy groups -OCH3 is 2. The third kappa shape index (κ3) is 4.51. The van der Waals surface area contributed by atoms with E-state index in [4.69, 9.17) is 14.6 Å². The summed E-state index contributed by atoms with van der Waals surface area (Å²) in [5.74, 6) is 1.66. The molecule has 0 unspecified atom stereocenters. The molecule has 0 spiro atoms. The molecule has 0 fully saturated rings. The van der Waals surface area contributed by atoms with Gasteiger partial charge >= 0.3 is 0 Å². The third-order valence-corrected chi connectivity index (χ3v) is 4.53. The van der Waals surface area contributed by atoms with Gasteiger partial charge in [-0.1, -0.05) is 12.1 Å². The summed E-state index contributed by atoms with van der Waals surface area (Å²) >= 11 is 0. The average Bonchev–Trinajstić information content (AvgIpc) is 3.13. The maximum atomic E-state index is 5.41. The lowest BCUT2D eigenvalue weighted by Gasteiger charge is -2.18. The summed E-state index contributed by atoms with van der Waals surface area (Å²) < 4.78 is 12.8. The molecule has 0 atom stereocenters. The second-order valence-corrected chi connectivity index (χ2v) is 7.64. The van der Waals surface area contributed by atoms with Crippen molar-refractivity contribution in [1.82, 2.24) is 20.1 Å². The smallest absolute Gasteiger partial charge is 0.126 e. The number of pyridine rings is 1. The monoisotopic (exact) mass is 380 g/mol. The van der Waals surface area contributed by atoms with Crippen LogP contribution in [-0.2, 0) is 18.6 Å². The number of aromatic nitrogens is 3. The van der Waals surface area contributed by atoms with E-state index in [2.05, 4.69) is 43.3 Å². The van der Waals surface area contributed by atoms with Crippen molar-refractivity contribution in [3.05, 3.63) is 60.0 Å². The quantitative estimate of drug-likeness (QED) is 0.671.